The topological polar surface area (TPSA) is 50.9 Å². The van der Waals surface area contributed by atoms with Crippen LogP contribution in [0, 0.1) is 5.41 Å². The fraction of sp³-hybridized carbons (Fsp3) is 0.294. The molecule has 0 radical (unpaired) electrons. The maximum absolute atomic E-state index is 9.53. The highest BCUT2D eigenvalue weighted by Gasteiger charge is 2.20. The molecule has 22 heavy (non-hydrogen) atoms. The van der Waals surface area contributed by atoms with Gasteiger partial charge in [-0.25, -0.2) is 4.68 Å². The molecule has 1 aromatic heterocycles. The van der Waals surface area contributed by atoms with Crippen molar-refractivity contribution in [2.24, 2.45) is 5.41 Å². The number of fused-ring (bicyclic) bond motifs is 1. The van der Waals surface area contributed by atoms with Crippen molar-refractivity contribution in [1.82, 2.24) is 15.0 Å². The highest BCUT2D eigenvalue weighted by Crippen LogP contribution is 2.27. The van der Waals surface area contributed by atoms with E-state index in [1.807, 2.05) is 48.9 Å². The number of aromatic nitrogens is 3. The molecule has 0 fully saturated rings. The van der Waals surface area contributed by atoms with Crippen molar-refractivity contribution in [1.29, 1.82) is 0 Å². The highest BCUT2D eigenvalue weighted by atomic mass is 35.5. The van der Waals surface area contributed by atoms with Gasteiger partial charge < -0.3 is 5.11 Å². The molecule has 0 unspecified atom stereocenters. The van der Waals surface area contributed by atoms with E-state index in [0.717, 1.165) is 28.7 Å². The van der Waals surface area contributed by atoms with Crippen molar-refractivity contribution in [3.05, 3.63) is 53.1 Å². The van der Waals surface area contributed by atoms with Crippen LogP contribution in [-0.2, 0) is 6.42 Å². The van der Waals surface area contributed by atoms with Crippen molar-refractivity contribution in [2.75, 3.05) is 6.61 Å². The summed E-state index contributed by atoms with van der Waals surface area (Å²) in [4.78, 5) is 0. The zero-order chi connectivity index (χ0) is 15.7. The first-order chi connectivity index (χ1) is 10.5. The van der Waals surface area contributed by atoms with Crippen LogP contribution in [0.3, 0.4) is 0 Å². The summed E-state index contributed by atoms with van der Waals surface area (Å²) in [6, 6.07) is 13.6. The molecular weight excluding hydrogens is 298 g/mol. The van der Waals surface area contributed by atoms with E-state index < -0.39 is 0 Å². The van der Waals surface area contributed by atoms with Gasteiger partial charge in [0.15, 0.2) is 0 Å². The third-order valence-corrected chi connectivity index (χ3v) is 3.96. The van der Waals surface area contributed by atoms with Crippen molar-refractivity contribution in [3.63, 3.8) is 0 Å². The summed E-state index contributed by atoms with van der Waals surface area (Å²) in [6.45, 7) is 4.22. The van der Waals surface area contributed by atoms with Gasteiger partial charge in [-0.2, -0.15) is 0 Å². The van der Waals surface area contributed by atoms with Crippen LogP contribution < -0.4 is 0 Å². The summed E-state index contributed by atoms with van der Waals surface area (Å²) in [5.41, 5.74) is 3.61. The second-order valence-electron chi connectivity index (χ2n) is 6.26. The number of benzene rings is 2. The number of aliphatic hydroxyl groups is 1. The molecule has 3 rings (SSSR count). The molecule has 1 N–H and O–H groups in total. The first-order valence-electron chi connectivity index (χ1n) is 7.20. The van der Waals surface area contributed by atoms with E-state index in [9.17, 15) is 5.11 Å². The summed E-state index contributed by atoms with van der Waals surface area (Å²) < 4.78 is 1.83. The Labute approximate surface area is 134 Å². The van der Waals surface area contributed by atoms with Crippen LogP contribution in [0.5, 0.6) is 0 Å². The Balaban J connectivity index is 2.11. The Bertz CT molecular complexity index is 811. The van der Waals surface area contributed by atoms with E-state index in [1.165, 1.54) is 0 Å². The molecule has 3 aromatic rings. The van der Waals surface area contributed by atoms with Crippen LogP contribution in [-0.4, -0.2) is 26.7 Å². The minimum atomic E-state index is -0.185. The maximum Gasteiger partial charge on any atom is 0.115 e. The van der Waals surface area contributed by atoms with E-state index >= 15 is 0 Å². The SMILES string of the molecule is CC(C)(CO)Cc1ccccc1-n1nnc2cc(Cl)ccc21. The molecule has 0 saturated carbocycles. The van der Waals surface area contributed by atoms with Crippen molar-refractivity contribution >= 4 is 22.6 Å². The third-order valence-electron chi connectivity index (χ3n) is 3.72. The summed E-state index contributed by atoms with van der Waals surface area (Å²) >= 11 is 6.01. The molecule has 5 heteroatoms. The number of hydrogen-bond donors (Lipinski definition) is 1. The summed E-state index contributed by atoms with van der Waals surface area (Å²) in [5.74, 6) is 0. The summed E-state index contributed by atoms with van der Waals surface area (Å²) in [5, 5.41) is 18.6. The molecule has 0 atom stereocenters. The van der Waals surface area contributed by atoms with Crippen LogP contribution in [0.1, 0.15) is 19.4 Å². The molecule has 0 spiro atoms. The third kappa shape index (κ3) is 2.85. The van der Waals surface area contributed by atoms with Gasteiger partial charge in [-0.05, 0) is 41.7 Å². The molecule has 0 amide bonds. The lowest BCUT2D eigenvalue weighted by Crippen LogP contribution is -2.20. The summed E-state index contributed by atoms with van der Waals surface area (Å²) in [6.07, 6.45) is 0.759. The van der Waals surface area contributed by atoms with Gasteiger partial charge in [-0.3, -0.25) is 0 Å². The first kappa shape index (κ1) is 15.0. The largest absolute Gasteiger partial charge is 0.396 e. The standard InChI is InChI=1S/C17H18ClN3O/c1-17(2,11-22)10-12-5-3-4-6-15(12)21-16-8-7-13(18)9-14(16)19-20-21/h3-9,22H,10-11H2,1-2H3. The normalized spacial score (nSPS) is 12.0. The molecule has 1 heterocycles. The van der Waals surface area contributed by atoms with Crippen LogP contribution in [0.25, 0.3) is 16.7 Å². The Morgan fingerprint density at radius 1 is 1.18 bits per heavy atom. The van der Waals surface area contributed by atoms with Gasteiger partial charge in [0.05, 0.1) is 11.2 Å². The number of aliphatic hydroxyl groups excluding tert-OH is 1. The highest BCUT2D eigenvalue weighted by molar-refractivity contribution is 6.31. The average molecular weight is 316 g/mol. The second-order valence-corrected chi connectivity index (χ2v) is 6.70. The smallest absolute Gasteiger partial charge is 0.115 e. The monoisotopic (exact) mass is 315 g/mol. The lowest BCUT2D eigenvalue weighted by Gasteiger charge is -2.23. The lowest BCUT2D eigenvalue weighted by atomic mass is 9.86. The fourth-order valence-electron chi connectivity index (χ4n) is 2.51. The maximum atomic E-state index is 9.53. The van der Waals surface area contributed by atoms with E-state index in [4.69, 9.17) is 11.6 Å². The van der Waals surface area contributed by atoms with Gasteiger partial charge >= 0.3 is 0 Å². The quantitative estimate of drug-likeness (QED) is 0.799. The predicted molar refractivity (Wildman–Crippen MR) is 88.4 cm³/mol. The summed E-state index contributed by atoms with van der Waals surface area (Å²) in [7, 11) is 0. The molecule has 2 aromatic carbocycles. The van der Waals surface area contributed by atoms with Crippen molar-refractivity contribution in [3.8, 4) is 5.69 Å². The average Bonchev–Trinajstić information content (AvgIpc) is 2.90. The van der Waals surface area contributed by atoms with Gasteiger partial charge in [0.2, 0.25) is 0 Å². The zero-order valence-electron chi connectivity index (χ0n) is 12.6. The minimum Gasteiger partial charge on any atom is -0.396 e. The van der Waals surface area contributed by atoms with Gasteiger partial charge in [0.25, 0.3) is 0 Å². The Hall–Kier alpha value is -1.91. The van der Waals surface area contributed by atoms with E-state index in [2.05, 4.69) is 16.4 Å². The minimum absolute atomic E-state index is 0.134. The number of hydrogen-bond acceptors (Lipinski definition) is 3. The van der Waals surface area contributed by atoms with Crippen molar-refractivity contribution < 1.29 is 5.11 Å². The Morgan fingerprint density at radius 3 is 2.73 bits per heavy atom. The van der Waals surface area contributed by atoms with Gasteiger partial charge in [-0.1, -0.05) is 48.9 Å². The molecule has 0 aliphatic rings. The molecule has 114 valence electrons. The molecule has 0 aliphatic heterocycles. The van der Waals surface area contributed by atoms with Crippen LogP contribution in [0.2, 0.25) is 5.02 Å². The van der Waals surface area contributed by atoms with Crippen LogP contribution in [0.15, 0.2) is 42.5 Å². The fourth-order valence-corrected chi connectivity index (χ4v) is 2.68. The van der Waals surface area contributed by atoms with Gasteiger partial charge in [0, 0.05) is 11.6 Å². The lowest BCUT2D eigenvalue weighted by molar-refractivity contribution is 0.159. The van der Waals surface area contributed by atoms with Crippen LogP contribution in [0.4, 0.5) is 0 Å². The molecule has 4 nitrogen and oxygen atoms in total. The van der Waals surface area contributed by atoms with Crippen LogP contribution >= 0.6 is 11.6 Å². The predicted octanol–water partition coefficient (Wildman–Crippen LogP) is 3.63. The number of para-hydroxylation sites is 1. The molecule has 0 bridgehead atoms. The van der Waals surface area contributed by atoms with Crippen molar-refractivity contribution in [2.45, 2.75) is 20.3 Å². The Kier molecular flexibility index (Phi) is 3.89. The second kappa shape index (κ2) is 5.71. The van der Waals surface area contributed by atoms with Gasteiger partial charge in [-0.15, -0.1) is 5.10 Å². The molecular formula is C17H18ClN3O. The Morgan fingerprint density at radius 2 is 1.95 bits per heavy atom. The number of rotatable bonds is 4. The van der Waals surface area contributed by atoms with Gasteiger partial charge in [0.1, 0.15) is 5.52 Å². The number of halogens is 1. The van der Waals surface area contributed by atoms with E-state index in [-0.39, 0.29) is 12.0 Å². The van der Waals surface area contributed by atoms with E-state index in [0.29, 0.717) is 5.02 Å². The number of nitrogens with zero attached hydrogens (tertiary/aromatic N) is 3. The molecule has 0 saturated heterocycles. The first-order valence-corrected chi connectivity index (χ1v) is 7.58. The molecule has 0 aliphatic carbocycles. The van der Waals surface area contributed by atoms with E-state index in [1.54, 1.807) is 6.07 Å². The zero-order valence-corrected chi connectivity index (χ0v) is 13.4.